The monoisotopic (exact) mass is 487 g/mol. The molecule has 1 saturated heterocycles. The number of nitrogens with zero attached hydrogens (tertiary/aromatic N) is 2. The van der Waals surface area contributed by atoms with Gasteiger partial charge < -0.3 is 16.4 Å². The number of benzene rings is 1. The van der Waals surface area contributed by atoms with Gasteiger partial charge in [0, 0.05) is 17.8 Å². The highest BCUT2D eigenvalue weighted by Crippen LogP contribution is 2.17. The minimum atomic E-state index is -0.175. The number of amides is 1. The average molecular weight is 487 g/mol. The Morgan fingerprint density at radius 3 is 2.56 bits per heavy atom. The van der Waals surface area contributed by atoms with Gasteiger partial charge in [-0.1, -0.05) is 12.1 Å². The number of hydrogen-bond donors (Lipinski definition) is 3. The molecule has 0 radical (unpaired) electrons. The molecular formula is C20H34IN5O. The van der Waals surface area contributed by atoms with Crippen LogP contribution in [0.4, 0.5) is 5.69 Å². The topological polar surface area (TPSA) is 82.8 Å². The Balaban J connectivity index is 0.00000364. The lowest BCUT2D eigenvalue weighted by atomic mass is 9.97. The number of piperidine rings is 1. The van der Waals surface area contributed by atoms with Crippen LogP contribution in [0.5, 0.6) is 0 Å². The Morgan fingerprint density at radius 2 is 1.96 bits per heavy atom. The molecule has 7 heteroatoms. The zero-order valence-corrected chi connectivity index (χ0v) is 19.2. The molecule has 0 saturated carbocycles. The van der Waals surface area contributed by atoms with Crippen LogP contribution >= 0.6 is 24.0 Å². The van der Waals surface area contributed by atoms with Crippen molar-refractivity contribution in [1.82, 2.24) is 10.2 Å². The summed E-state index contributed by atoms with van der Waals surface area (Å²) in [5.74, 6) is 1.08. The molecule has 1 amide bonds. The Labute approximate surface area is 180 Å². The molecule has 1 aromatic rings. The van der Waals surface area contributed by atoms with Gasteiger partial charge in [0.2, 0.25) is 5.91 Å². The largest absolute Gasteiger partial charge is 0.370 e. The third kappa shape index (κ3) is 9.41. The third-order valence-electron chi connectivity index (χ3n) is 4.40. The number of halogens is 1. The molecule has 0 aliphatic carbocycles. The van der Waals surface area contributed by atoms with Gasteiger partial charge in [0.05, 0.1) is 6.54 Å². The van der Waals surface area contributed by atoms with Crippen molar-refractivity contribution < 1.29 is 4.79 Å². The van der Waals surface area contributed by atoms with Gasteiger partial charge in [0.1, 0.15) is 0 Å². The lowest BCUT2D eigenvalue weighted by molar-refractivity contribution is -0.124. The summed E-state index contributed by atoms with van der Waals surface area (Å²) in [6, 6.07) is 8.07. The second-order valence-electron chi connectivity index (χ2n) is 8.24. The van der Waals surface area contributed by atoms with E-state index in [1.54, 1.807) is 0 Å². The lowest BCUT2D eigenvalue weighted by Crippen LogP contribution is -2.47. The van der Waals surface area contributed by atoms with Crippen LogP contribution in [0.15, 0.2) is 29.3 Å². The fraction of sp³-hybridized carbons (Fsp3) is 0.600. The highest BCUT2D eigenvalue weighted by Gasteiger charge is 2.22. The number of guanidine groups is 1. The standard InChI is InChI=1S/C20H33N5O.HI/c1-15-6-5-7-17(12-15)23-19(21)22-13-16-8-10-25(11-9-16)14-18(26)24-20(2,3)4;/h5-7,12,16H,8-11,13-14H2,1-4H3,(H,24,26)(H3,21,22,23);1H. The van der Waals surface area contributed by atoms with Crippen molar-refractivity contribution in [3.8, 4) is 0 Å². The fourth-order valence-corrected chi connectivity index (χ4v) is 3.13. The molecular weight excluding hydrogens is 453 g/mol. The highest BCUT2D eigenvalue weighted by atomic mass is 127. The van der Waals surface area contributed by atoms with Crippen LogP contribution in [0.25, 0.3) is 0 Å². The van der Waals surface area contributed by atoms with E-state index < -0.39 is 0 Å². The number of anilines is 1. The first-order valence-corrected chi connectivity index (χ1v) is 9.38. The van der Waals surface area contributed by atoms with Gasteiger partial charge in [-0.25, -0.2) is 0 Å². The molecule has 0 aromatic heterocycles. The minimum absolute atomic E-state index is 0. The Kier molecular flexibility index (Phi) is 9.52. The maximum atomic E-state index is 12.0. The van der Waals surface area contributed by atoms with Crippen LogP contribution < -0.4 is 16.4 Å². The molecule has 0 spiro atoms. The van der Waals surface area contributed by atoms with Gasteiger partial charge in [-0.3, -0.25) is 14.7 Å². The second-order valence-corrected chi connectivity index (χ2v) is 8.24. The van der Waals surface area contributed by atoms with Gasteiger partial charge in [0.25, 0.3) is 0 Å². The van der Waals surface area contributed by atoms with E-state index in [0.29, 0.717) is 18.4 Å². The van der Waals surface area contributed by atoms with Crippen LogP contribution in [-0.4, -0.2) is 48.5 Å². The maximum absolute atomic E-state index is 12.0. The van der Waals surface area contributed by atoms with Crippen molar-refractivity contribution in [3.63, 3.8) is 0 Å². The average Bonchev–Trinajstić information content (AvgIpc) is 2.52. The lowest BCUT2D eigenvalue weighted by Gasteiger charge is -2.31. The summed E-state index contributed by atoms with van der Waals surface area (Å²) in [7, 11) is 0. The summed E-state index contributed by atoms with van der Waals surface area (Å²) >= 11 is 0. The van der Waals surface area contributed by atoms with Crippen molar-refractivity contribution in [2.75, 3.05) is 31.5 Å². The number of nitrogens with one attached hydrogen (secondary N) is 2. The third-order valence-corrected chi connectivity index (χ3v) is 4.40. The van der Waals surface area contributed by atoms with Crippen LogP contribution in [0.2, 0.25) is 0 Å². The van der Waals surface area contributed by atoms with E-state index >= 15 is 0 Å². The fourth-order valence-electron chi connectivity index (χ4n) is 3.13. The molecule has 1 heterocycles. The Morgan fingerprint density at radius 1 is 1.30 bits per heavy atom. The molecule has 2 rings (SSSR count). The first kappa shape index (κ1) is 23.7. The smallest absolute Gasteiger partial charge is 0.234 e. The number of carbonyl (C=O) groups is 1. The van der Waals surface area contributed by atoms with E-state index in [1.165, 1.54) is 5.56 Å². The van der Waals surface area contributed by atoms with Crippen molar-refractivity contribution in [2.24, 2.45) is 16.6 Å². The Bertz CT molecular complexity index is 634. The summed E-state index contributed by atoms with van der Waals surface area (Å²) in [5.41, 5.74) is 7.98. The second kappa shape index (κ2) is 10.8. The molecule has 152 valence electrons. The highest BCUT2D eigenvalue weighted by molar-refractivity contribution is 14.0. The van der Waals surface area contributed by atoms with E-state index in [1.807, 2.05) is 52.0 Å². The number of likely N-dealkylation sites (tertiary alicyclic amines) is 1. The van der Waals surface area contributed by atoms with Gasteiger partial charge >= 0.3 is 0 Å². The van der Waals surface area contributed by atoms with Crippen LogP contribution in [0, 0.1) is 12.8 Å². The minimum Gasteiger partial charge on any atom is -0.370 e. The van der Waals surface area contributed by atoms with E-state index in [-0.39, 0.29) is 35.4 Å². The van der Waals surface area contributed by atoms with E-state index in [9.17, 15) is 4.79 Å². The molecule has 1 aromatic carbocycles. The van der Waals surface area contributed by atoms with Crippen molar-refractivity contribution in [3.05, 3.63) is 29.8 Å². The molecule has 0 atom stereocenters. The van der Waals surface area contributed by atoms with Crippen LogP contribution in [-0.2, 0) is 4.79 Å². The molecule has 1 aliphatic heterocycles. The maximum Gasteiger partial charge on any atom is 0.234 e. The van der Waals surface area contributed by atoms with E-state index in [0.717, 1.165) is 38.2 Å². The summed E-state index contributed by atoms with van der Waals surface area (Å²) in [6.45, 7) is 11.1. The molecule has 0 unspecified atom stereocenters. The number of hydrogen-bond acceptors (Lipinski definition) is 3. The van der Waals surface area contributed by atoms with Gasteiger partial charge in [-0.2, -0.15) is 0 Å². The summed E-state index contributed by atoms with van der Waals surface area (Å²) in [5, 5.41) is 6.16. The summed E-state index contributed by atoms with van der Waals surface area (Å²) < 4.78 is 0. The molecule has 4 N–H and O–H groups in total. The zero-order valence-electron chi connectivity index (χ0n) is 16.9. The first-order chi connectivity index (χ1) is 12.2. The molecule has 1 fully saturated rings. The molecule has 27 heavy (non-hydrogen) atoms. The number of aliphatic imine (C=N–C) groups is 1. The quantitative estimate of drug-likeness (QED) is 0.339. The normalized spacial score (nSPS) is 16.5. The zero-order chi connectivity index (χ0) is 19.2. The summed E-state index contributed by atoms with van der Waals surface area (Å²) in [4.78, 5) is 18.7. The van der Waals surface area contributed by atoms with Gasteiger partial charge in [0.15, 0.2) is 5.96 Å². The first-order valence-electron chi connectivity index (χ1n) is 9.38. The molecule has 6 nitrogen and oxygen atoms in total. The predicted molar refractivity (Wildman–Crippen MR) is 124 cm³/mol. The molecule has 1 aliphatic rings. The number of carbonyl (C=O) groups excluding carboxylic acids is 1. The SMILES string of the molecule is Cc1cccc(NC(N)=NCC2CCN(CC(=O)NC(C)(C)C)CC2)c1.I. The molecule has 0 bridgehead atoms. The summed E-state index contributed by atoms with van der Waals surface area (Å²) in [6.07, 6.45) is 2.09. The number of rotatable bonds is 5. The van der Waals surface area contributed by atoms with Crippen molar-refractivity contribution in [2.45, 2.75) is 46.1 Å². The van der Waals surface area contributed by atoms with Crippen molar-refractivity contribution >= 4 is 41.5 Å². The van der Waals surface area contributed by atoms with Crippen LogP contribution in [0.3, 0.4) is 0 Å². The Hall–Kier alpha value is -1.35. The van der Waals surface area contributed by atoms with Crippen LogP contribution in [0.1, 0.15) is 39.2 Å². The van der Waals surface area contributed by atoms with E-state index in [2.05, 4.69) is 20.5 Å². The number of aryl methyl sites for hydroxylation is 1. The van der Waals surface area contributed by atoms with Gasteiger partial charge in [-0.05, 0) is 77.2 Å². The van der Waals surface area contributed by atoms with Gasteiger partial charge in [-0.15, -0.1) is 24.0 Å². The van der Waals surface area contributed by atoms with E-state index in [4.69, 9.17) is 5.73 Å². The number of nitrogens with two attached hydrogens (primary N) is 1. The van der Waals surface area contributed by atoms with Crippen molar-refractivity contribution in [1.29, 1.82) is 0 Å². The predicted octanol–water partition coefficient (Wildman–Crippen LogP) is 2.97.